The van der Waals surface area contributed by atoms with Gasteiger partial charge in [0.2, 0.25) is 0 Å². The molecule has 0 unspecified atom stereocenters. The fourth-order valence-corrected chi connectivity index (χ4v) is 2.43. The lowest BCUT2D eigenvalue weighted by Gasteiger charge is -2.07. The molecule has 1 aromatic heterocycles. The molecule has 0 aliphatic carbocycles. The molecule has 2 N–H and O–H groups in total. The summed E-state index contributed by atoms with van der Waals surface area (Å²) in [5.74, 6) is -1.69. The molecule has 1 amide bonds. The van der Waals surface area contributed by atoms with Crippen LogP contribution in [0.15, 0.2) is 29.0 Å². The second-order valence-corrected chi connectivity index (χ2v) is 4.64. The van der Waals surface area contributed by atoms with Crippen molar-refractivity contribution in [2.75, 3.05) is 0 Å². The molecule has 0 atom stereocenters. The lowest BCUT2D eigenvalue weighted by atomic mass is 10.1. The average molecular weight is 265 g/mol. The Morgan fingerprint density at radius 3 is 2.83 bits per heavy atom. The summed E-state index contributed by atoms with van der Waals surface area (Å²) in [4.78, 5) is 11.8. The van der Waals surface area contributed by atoms with E-state index in [0.717, 1.165) is 17.2 Å². The van der Waals surface area contributed by atoms with Crippen LogP contribution in [0.2, 0.25) is 0 Å². The van der Waals surface area contributed by atoms with Gasteiger partial charge in [0.1, 0.15) is 17.1 Å². The Kier molecular flexibility index (Phi) is 3.62. The predicted molar refractivity (Wildman–Crippen MR) is 68.3 cm³/mol. The molecular formula is C13H12FNO2S. The van der Waals surface area contributed by atoms with Crippen LogP contribution >= 0.6 is 11.3 Å². The zero-order valence-electron chi connectivity index (χ0n) is 9.74. The summed E-state index contributed by atoms with van der Waals surface area (Å²) in [7, 11) is 0. The van der Waals surface area contributed by atoms with Gasteiger partial charge in [-0.3, -0.25) is 4.79 Å². The molecule has 1 heterocycles. The molecule has 0 aliphatic heterocycles. The van der Waals surface area contributed by atoms with Crippen molar-refractivity contribution in [1.82, 2.24) is 5.32 Å². The van der Waals surface area contributed by atoms with Crippen LogP contribution in [0.5, 0.6) is 5.75 Å². The molecule has 0 bridgehead atoms. The second-order valence-electron chi connectivity index (χ2n) is 3.90. The minimum absolute atomic E-state index is 0.314. The van der Waals surface area contributed by atoms with E-state index in [1.165, 1.54) is 12.1 Å². The van der Waals surface area contributed by atoms with Crippen molar-refractivity contribution >= 4 is 17.2 Å². The molecule has 0 radical (unpaired) electrons. The maximum atomic E-state index is 13.4. The summed E-state index contributed by atoms with van der Waals surface area (Å²) in [5, 5.41) is 16.0. The third-order valence-corrected chi connectivity index (χ3v) is 3.53. The fourth-order valence-electron chi connectivity index (χ4n) is 1.57. The summed E-state index contributed by atoms with van der Waals surface area (Å²) in [6.45, 7) is 2.26. The molecule has 5 heteroatoms. The molecule has 94 valence electrons. The van der Waals surface area contributed by atoms with Gasteiger partial charge in [-0.25, -0.2) is 4.39 Å². The number of hydrogen-bond acceptors (Lipinski definition) is 3. The minimum Gasteiger partial charge on any atom is -0.507 e. The van der Waals surface area contributed by atoms with Gasteiger partial charge >= 0.3 is 0 Å². The van der Waals surface area contributed by atoms with Crippen LogP contribution in [0.4, 0.5) is 4.39 Å². The molecule has 0 spiro atoms. The van der Waals surface area contributed by atoms with Gasteiger partial charge in [-0.05, 0) is 40.9 Å². The molecule has 0 aliphatic rings. The standard InChI is InChI=1S/C13H12FNO2S/c1-8-6-18-7-9(8)5-15-13(17)12-10(14)3-2-4-11(12)16/h2-4,6-7,16H,5H2,1H3,(H,15,17). The molecule has 0 saturated carbocycles. The Balaban J connectivity index is 2.11. The van der Waals surface area contributed by atoms with Crippen molar-refractivity contribution in [2.24, 2.45) is 0 Å². The van der Waals surface area contributed by atoms with Crippen LogP contribution in [0.25, 0.3) is 0 Å². The first-order chi connectivity index (χ1) is 8.59. The quantitative estimate of drug-likeness (QED) is 0.896. The zero-order chi connectivity index (χ0) is 13.1. The molecule has 18 heavy (non-hydrogen) atoms. The number of phenolic OH excluding ortho intramolecular Hbond substituents is 1. The number of hydrogen-bond donors (Lipinski definition) is 2. The second kappa shape index (κ2) is 5.18. The van der Waals surface area contributed by atoms with Gasteiger partial charge in [0.25, 0.3) is 5.91 Å². The van der Waals surface area contributed by atoms with Crippen molar-refractivity contribution in [3.8, 4) is 5.75 Å². The number of halogens is 1. The highest BCUT2D eigenvalue weighted by atomic mass is 32.1. The smallest absolute Gasteiger partial charge is 0.258 e. The Morgan fingerprint density at radius 1 is 1.44 bits per heavy atom. The first kappa shape index (κ1) is 12.6. The van der Waals surface area contributed by atoms with E-state index >= 15 is 0 Å². The lowest BCUT2D eigenvalue weighted by Crippen LogP contribution is -2.24. The number of carbonyl (C=O) groups is 1. The largest absolute Gasteiger partial charge is 0.507 e. The molecule has 2 aromatic rings. The van der Waals surface area contributed by atoms with Gasteiger partial charge < -0.3 is 10.4 Å². The van der Waals surface area contributed by atoms with E-state index in [4.69, 9.17) is 0 Å². The summed E-state index contributed by atoms with van der Waals surface area (Å²) in [6, 6.07) is 3.78. The van der Waals surface area contributed by atoms with Crippen LogP contribution in [0.3, 0.4) is 0 Å². The Hall–Kier alpha value is -1.88. The monoisotopic (exact) mass is 265 g/mol. The summed E-state index contributed by atoms with van der Waals surface area (Å²) in [5.41, 5.74) is 1.76. The van der Waals surface area contributed by atoms with Crippen molar-refractivity contribution in [1.29, 1.82) is 0 Å². The van der Waals surface area contributed by atoms with Gasteiger partial charge in [-0.2, -0.15) is 11.3 Å². The average Bonchev–Trinajstić information content (AvgIpc) is 2.72. The minimum atomic E-state index is -0.727. The number of phenols is 1. The summed E-state index contributed by atoms with van der Waals surface area (Å²) in [6.07, 6.45) is 0. The molecule has 0 saturated heterocycles. The van der Waals surface area contributed by atoms with E-state index in [0.29, 0.717) is 6.54 Å². The molecule has 1 aromatic carbocycles. The van der Waals surface area contributed by atoms with Gasteiger partial charge in [0.05, 0.1) is 0 Å². The highest BCUT2D eigenvalue weighted by molar-refractivity contribution is 7.08. The lowest BCUT2D eigenvalue weighted by molar-refractivity contribution is 0.0944. The Labute approximate surface area is 108 Å². The third-order valence-electron chi connectivity index (χ3n) is 2.62. The summed E-state index contributed by atoms with van der Waals surface area (Å²) >= 11 is 1.55. The van der Waals surface area contributed by atoms with E-state index in [9.17, 15) is 14.3 Å². The first-order valence-corrected chi connectivity index (χ1v) is 6.31. The number of aromatic hydroxyl groups is 1. The number of thiophene rings is 1. The van der Waals surface area contributed by atoms with Crippen LogP contribution < -0.4 is 5.32 Å². The Bertz CT molecular complexity index is 560. The number of nitrogens with one attached hydrogen (secondary N) is 1. The number of amides is 1. The van der Waals surface area contributed by atoms with E-state index in [1.54, 1.807) is 11.3 Å². The maximum Gasteiger partial charge on any atom is 0.258 e. The van der Waals surface area contributed by atoms with E-state index in [-0.39, 0.29) is 11.3 Å². The fraction of sp³-hybridized carbons (Fsp3) is 0.154. The van der Waals surface area contributed by atoms with Crippen molar-refractivity contribution < 1.29 is 14.3 Å². The highest BCUT2D eigenvalue weighted by Crippen LogP contribution is 2.20. The number of benzene rings is 1. The van der Waals surface area contributed by atoms with Gasteiger partial charge in [-0.15, -0.1) is 0 Å². The number of carbonyl (C=O) groups excluding carboxylic acids is 1. The van der Waals surface area contributed by atoms with Gasteiger partial charge in [0, 0.05) is 6.54 Å². The topological polar surface area (TPSA) is 49.3 Å². The van der Waals surface area contributed by atoms with E-state index < -0.39 is 11.7 Å². The summed E-state index contributed by atoms with van der Waals surface area (Å²) < 4.78 is 13.4. The van der Waals surface area contributed by atoms with E-state index in [1.807, 2.05) is 17.7 Å². The normalized spacial score (nSPS) is 10.3. The van der Waals surface area contributed by atoms with Crippen LogP contribution in [-0.4, -0.2) is 11.0 Å². The molecule has 0 fully saturated rings. The van der Waals surface area contributed by atoms with Crippen LogP contribution in [-0.2, 0) is 6.54 Å². The molecule has 2 rings (SSSR count). The SMILES string of the molecule is Cc1cscc1CNC(=O)c1c(O)cccc1F. The highest BCUT2D eigenvalue weighted by Gasteiger charge is 2.16. The van der Waals surface area contributed by atoms with Gasteiger partial charge in [0.15, 0.2) is 0 Å². The molecular weight excluding hydrogens is 253 g/mol. The van der Waals surface area contributed by atoms with Crippen molar-refractivity contribution in [2.45, 2.75) is 13.5 Å². The first-order valence-electron chi connectivity index (χ1n) is 5.37. The Morgan fingerprint density at radius 2 is 2.22 bits per heavy atom. The van der Waals surface area contributed by atoms with Crippen molar-refractivity contribution in [3.63, 3.8) is 0 Å². The number of rotatable bonds is 3. The zero-order valence-corrected chi connectivity index (χ0v) is 10.6. The van der Waals surface area contributed by atoms with Crippen LogP contribution in [0, 0.1) is 12.7 Å². The van der Waals surface area contributed by atoms with Gasteiger partial charge in [-0.1, -0.05) is 6.07 Å². The van der Waals surface area contributed by atoms with E-state index in [2.05, 4.69) is 5.32 Å². The predicted octanol–water partition coefficient (Wildman–Crippen LogP) is 2.83. The number of aryl methyl sites for hydroxylation is 1. The molecule has 3 nitrogen and oxygen atoms in total. The maximum absolute atomic E-state index is 13.4. The van der Waals surface area contributed by atoms with Crippen molar-refractivity contribution in [3.05, 3.63) is 51.5 Å². The third kappa shape index (κ3) is 2.51. The van der Waals surface area contributed by atoms with Crippen LogP contribution in [0.1, 0.15) is 21.5 Å².